The van der Waals surface area contributed by atoms with Gasteiger partial charge in [0.25, 0.3) is 11.8 Å². The van der Waals surface area contributed by atoms with Crippen molar-refractivity contribution >= 4 is 35.0 Å². The lowest BCUT2D eigenvalue weighted by atomic mass is 10.1. The lowest BCUT2D eigenvalue weighted by Crippen LogP contribution is -2.46. The molecule has 0 spiro atoms. The molecule has 0 aliphatic carbocycles. The summed E-state index contributed by atoms with van der Waals surface area (Å²) in [6, 6.07) is 12.7. The summed E-state index contributed by atoms with van der Waals surface area (Å²) in [5, 5.41) is 6.14. The maximum Gasteiger partial charge on any atom is 0.255 e. The van der Waals surface area contributed by atoms with Gasteiger partial charge in [0, 0.05) is 42.0 Å². The standard InChI is InChI=1S/C22H24ClN3O4/c1-30-14-12-24-21(28)19-3-2-13-26(19)22(29)16-6-10-18(11-7-16)25-20(27)15-4-8-17(23)9-5-15/h4-11,19H,2-3,12-14H2,1H3,(H,24,28)(H,25,27)/t19-/m0/s1. The third kappa shape index (κ3) is 5.37. The zero-order valence-corrected chi connectivity index (χ0v) is 17.4. The molecule has 1 fully saturated rings. The molecule has 1 atom stereocenters. The van der Waals surface area contributed by atoms with E-state index >= 15 is 0 Å². The number of amides is 3. The number of hydrogen-bond donors (Lipinski definition) is 2. The minimum absolute atomic E-state index is 0.162. The molecule has 1 heterocycles. The van der Waals surface area contributed by atoms with Crippen LogP contribution < -0.4 is 10.6 Å². The van der Waals surface area contributed by atoms with Crippen molar-refractivity contribution in [1.29, 1.82) is 0 Å². The second-order valence-electron chi connectivity index (χ2n) is 6.98. The van der Waals surface area contributed by atoms with Crippen LogP contribution in [0.3, 0.4) is 0 Å². The number of rotatable bonds is 7. The molecule has 2 aromatic rings. The highest BCUT2D eigenvalue weighted by Crippen LogP contribution is 2.21. The second kappa shape index (κ2) is 10.2. The van der Waals surface area contributed by atoms with Crippen LogP contribution in [0, 0.1) is 0 Å². The van der Waals surface area contributed by atoms with Crippen LogP contribution in [0.15, 0.2) is 48.5 Å². The molecule has 7 nitrogen and oxygen atoms in total. The van der Waals surface area contributed by atoms with Gasteiger partial charge < -0.3 is 20.3 Å². The fourth-order valence-electron chi connectivity index (χ4n) is 3.34. The molecule has 0 saturated carbocycles. The Kier molecular flexibility index (Phi) is 7.43. The highest BCUT2D eigenvalue weighted by Gasteiger charge is 2.34. The Morgan fingerprint density at radius 3 is 2.40 bits per heavy atom. The van der Waals surface area contributed by atoms with Gasteiger partial charge in [-0.25, -0.2) is 0 Å². The third-order valence-electron chi connectivity index (χ3n) is 4.92. The Morgan fingerprint density at radius 1 is 1.07 bits per heavy atom. The molecule has 0 unspecified atom stereocenters. The van der Waals surface area contributed by atoms with Crippen LogP contribution in [0.2, 0.25) is 5.02 Å². The van der Waals surface area contributed by atoms with E-state index in [1.807, 2.05) is 0 Å². The first-order chi connectivity index (χ1) is 14.5. The molecule has 0 bridgehead atoms. The van der Waals surface area contributed by atoms with Gasteiger partial charge in [0.15, 0.2) is 0 Å². The maximum absolute atomic E-state index is 12.9. The Morgan fingerprint density at radius 2 is 1.73 bits per heavy atom. The predicted molar refractivity (Wildman–Crippen MR) is 115 cm³/mol. The zero-order valence-electron chi connectivity index (χ0n) is 16.7. The Labute approximate surface area is 180 Å². The molecule has 1 saturated heterocycles. The maximum atomic E-state index is 12.9. The summed E-state index contributed by atoms with van der Waals surface area (Å²) in [5.41, 5.74) is 1.52. The number of carbonyl (C=O) groups excluding carboxylic acids is 3. The fourth-order valence-corrected chi connectivity index (χ4v) is 3.47. The van der Waals surface area contributed by atoms with Gasteiger partial charge in [0.1, 0.15) is 6.04 Å². The number of likely N-dealkylation sites (tertiary alicyclic amines) is 1. The van der Waals surface area contributed by atoms with E-state index in [2.05, 4.69) is 10.6 Å². The van der Waals surface area contributed by atoms with E-state index in [4.69, 9.17) is 16.3 Å². The normalized spacial score (nSPS) is 15.7. The van der Waals surface area contributed by atoms with Crippen molar-refractivity contribution < 1.29 is 19.1 Å². The predicted octanol–water partition coefficient (Wildman–Crippen LogP) is 2.96. The highest BCUT2D eigenvalue weighted by atomic mass is 35.5. The average molecular weight is 430 g/mol. The molecule has 8 heteroatoms. The highest BCUT2D eigenvalue weighted by molar-refractivity contribution is 6.30. The van der Waals surface area contributed by atoms with Crippen molar-refractivity contribution in [2.24, 2.45) is 0 Å². The number of anilines is 1. The van der Waals surface area contributed by atoms with E-state index in [0.717, 1.165) is 6.42 Å². The molecule has 3 amide bonds. The van der Waals surface area contributed by atoms with Gasteiger partial charge in [-0.15, -0.1) is 0 Å². The third-order valence-corrected chi connectivity index (χ3v) is 5.17. The second-order valence-corrected chi connectivity index (χ2v) is 7.42. The summed E-state index contributed by atoms with van der Waals surface area (Å²) < 4.78 is 4.94. The number of methoxy groups -OCH3 is 1. The Bertz CT molecular complexity index is 900. The number of nitrogens with one attached hydrogen (secondary N) is 2. The van der Waals surface area contributed by atoms with E-state index in [-0.39, 0.29) is 17.7 Å². The number of hydrogen-bond acceptors (Lipinski definition) is 4. The first-order valence-electron chi connectivity index (χ1n) is 9.74. The lowest BCUT2D eigenvalue weighted by Gasteiger charge is -2.24. The molecule has 158 valence electrons. The molecule has 30 heavy (non-hydrogen) atoms. The van der Waals surface area contributed by atoms with Crippen molar-refractivity contribution in [3.8, 4) is 0 Å². The first-order valence-corrected chi connectivity index (χ1v) is 10.1. The number of nitrogens with zero attached hydrogens (tertiary/aromatic N) is 1. The summed E-state index contributed by atoms with van der Waals surface area (Å²) in [7, 11) is 1.57. The van der Waals surface area contributed by atoms with Gasteiger partial charge in [-0.1, -0.05) is 11.6 Å². The summed E-state index contributed by atoms with van der Waals surface area (Å²) in [4.78, 5) is 39.2. The van der Waals surface area contributed by atoms with Gasteiger partial charge in [0.2, 0.25) is 5.91 Å². The number of benzene rings is 2. The molecular formula is C22H24ClN3O4. The van der Waals surface area contributed by atoms with Crippen LogP contribution in [-0.2, 0) is 9.53 Å². The van der Waals surface area contributed by atoms with Gasteiger partial charge in [-0.3, -0.25) is 14.4 Å². The van der Waals surface area contributed by atoms with Crippen molar-refractivity contribution in [3.63, 3.8) is 0 Å². The largest absolute Gasteiger partial charge is 0.383 e. The van der Waals surface area contributed by atoms with Crippen LogP contribution in [0.25, 0.3) is 0 Å². The van der Waals surface area contributed by atoms with Crippen LogP contribution >= 0.6 is 11.6 Å². The summed E-state index contributed by atoms with van der Waals surface area (Å²) >= 11 is 5.84. The molecule has 0 aromatic heterocycles. The van der Waals surface area contributed by atoms with Gasteiger partial charge in [0.05, 0.1) is 6.61 Å². The fraction of sp³-hybridized carbons (Fsp3) is 0.318. The zero-order chi connectivity index (χ0) is 21.5. The number of ether oxygens (including phenoxy) is 1. The van der Waals surface area contributed by atoms with Gasteiger partial charge >= 0.3 is 0 Å². The summed E-state index contributed by atoms with van der Waals surface area (Å²) in [6.07, 6.45) is 1.42. The van der Waals surface area contributed by atoms with Gasteiger partial charge in [-0.2, -0.15) is 0 Å². The minimum atomic E-state index is -0.473. The average Bonchev–Trinajstić information content (AvgIpc) is 3.24. The van der Waals surface area contributed by atoms with E-state index in [1.54, 1.807) is 60.5 Å². The number of carbonyl (C=O) groups is 3. The van der Waals surface area contributed by atoms with E-state index in [1.165, 1.54) is 0 Å². The van der Waals surface area contributed by atoms with Crippen molar-refractivity contribution in [2.75, 3.05) is 32.1 Å². The molecule has 2 N–H and O–H groups in total. The molecule has 1 aliphatic heterocycles. The van der Waals surface area contributed by atoms with Crippen molar-refractivity contribution in [3.05, 3.63) is 64.7 Å². The van der Waals surface area contributed by atoms with E-state index < -0.39 is 6.04 Å². The van der Waals surface area contributed by atoms with E-state index in [0.29, 0.717) is 48.0 Å². The van der Waals surface area contributed by atoms with Crippen molar-refractivity contribution in [2.45, 2.75) is 18.9 Å². The Balaban J connectivity index is 1.62. The van der Waals surface area contributed by atoms with E-state index in [9.17, 15) is 14.4 Å². The molecule has 2 aromatic carbocycles. The first kappa shape index (κ1) is 21.8. The lowest BCUT2D eigenvalue weighted by molar-refractivity contribution is -0.125. The number of halogens is 1. The molecule has 0 radical (unpaired) electrons. The summed E-state index contributed by atoms with van der Waals surface area (Å²) in [5.74, 6) is -0.627. The molecule has 3 rings (SSSR count). The van der Waals surface area contributed by atoms with Crippen LogP contribution in [0.4, 0.5) is 5.69 Å². The van der Waals surface area contributed by atoms with Crippen LogP contribution in [-0.4, -0.2) is 55.5 Å². The van der Waals surface area contributed by atoms with Gasteiger partial charge in [-0.05, 0) is 61.4 Å². The topological polar surface area (TPSA) is 87.7 Å². The quantitative estimate of drug-likeness (QED) is 0.662. The van der Waals surface area contributed by atoms with Crippen LogP contribution in [0.5, 0.6) is 0 Å². The smallest absolute Gasteiger partial charge is 0.255 e. The monoisotopic (exact) mass is 429 g/mol. The SMILES string of the molecule is COCCNC(=O)[C@@H]1CCCN1C(=O)c1ccc(NC(=O)c2ccc(Cl)cc2)cc1. The Hall–Kier alpha value is -2.90. The molecule has 1 aliphatic rings. The van der Waals surface area contributed by atoms with Crippen molar-refractivity contribution in [1.82, 2.24) is 10.2 Å². The summed E-state index contributed by atoms with van der Waals surface area (Å²) in [6.45, 7) is 1.38. The van der Waals surface area contributed by atoms with Crippen LogP contribution in [0.1, 0.15) is 33.6 Å². The molecular weight excluding hydrogens is 406 g/mol. The minimum Gasteiger partial charge on any atom is -0.383 e.